The number of methoxy groups -OCH3 is 1. The van der Waals surface area contributed by atoms with Crippen molar-refractivity contribution in [2.24, 2.45) is 7.05 Å². The lowest BCUT2D eigenvalue weighted by molar-refractivity contribution is -0.186. The highest BCUT2D eigenvalue weighted by atomic mass is 16.5. The maximum absolute atomic E-state index is 11.4. The fourth-order valence-corrected chi connectivity index (χ4v) is 3.17. The van der Waals surface area contributed by atoms with Gasteiger partial charge in [0.25, 0.3) is 0 Å². The third kappa shape index (κ3) is 3.02. The molecule has 0 saturated carbocycles. The molecule has 3 aromatic rings. The lowest BCUT2D eigenvalue weighted by Crippen LogP contribution is -2.47. The lowest BCUT2D eigenvalue weighted by Gasteiger charge is -2.36. The van der Waals surface area contributed by atoms with Crippen molar-refractivity contribution in [1.29, 1.82) is 0 Å². The molecule has 0 aliphatic carbocycles. The molecular formula is C19H20N4O4. The fraction of sp³-hybridized carbons (Fsp3) is 0.316. The van der Waals surface area contributed by atoms with Crippen LogP contribution in [0.25, 0.3) is 22.2 Å². The van der Waals surface area contributed by atoms with Gasteiger partial charge in [-0.1, -0.05) is 0 Å². The zero-order valence-electron chi connectivity index (χ0n) is 15.3. The third-order valence-corrected chi connectivity index (χ3v) is 4.65. The van der Waals surface area contributed by atoms with Crippen LogP contribution in [0.15, 0.2) is 30.6 Å². The molecule has 8 heteroatoms. The van der Waals surface area contributed by atoms with Crippen molar-refractivity contribution in [3.63, 3.8) is 0 Å². The molecule has 0 unspecified atom stereocenters. The summed E-state index contributed by atoms with van der Waals surface area (Å²) in [6, 6.07) is 5.36. The van der Waals surface area contributed by atoms with E-state index in [0.29, 0.717) is 23.0 Å². The summed E-state index contributed by atoms with van der Waals surface area (Å²) in [4.78, 5) is 20.3. The Morgan fingerprint density at radius 1 is 1.37 bits per heavy atom. The Morgan fingerprint density at radius 3 is 2.78 bits per heavy atom. The minimum absolute atomic E-state index is 0.187. The molecule has 1 saturated heterocycles. The normalized spacial score (nSPS) is 15.4. The molecule has 1 aliphatic heterocycles. The summed E-state index contributed by atoms with van der Waals surface area (Å²) in [6.07, 6.45) is 3.65. The highest BCUT2D eigenvalue weighted by Gasteiger charge is 2.40. The lowest BCUT2D eigenvalue weighted by atomic mass is 9.96. The topological polar surface area (TPSA) is 98.5 Å². The van der Waals surface area contributed by atoms with Gasteiger partial charge in [-0.15, -0.1) is 0 Å². The van der Waals surface area contributed by atoms with E-state index in [-0.39, 0.29) is 19.1 Å². The highest BCUT2D eigenvalue weighted by molar-refractivity contribution is 5.98. The third-order valence-electron chi connectivity index (χ3n) is 4.65. The maximum atomic E-state index is 11.4. The van der Waals surface area contributed by atoms with Gasteiger partial charge in [-0.3, -0.25) is 4.79 Å². The van der Waals surface area contributed by atoms with E-state index < -0.39 is 5.60 Å². The van der Waals surface area contributed by atoms with E-state index >= 15 is 0 Å². The van der Waals surface area contributed by atoms with Crippen LogP contribution in [0.3, 0.4) is 0 Å². The predicted molar refractivity (Wildman–Crippen MR) is 99.5 cm³/mol. The maximum Gasteiger partial charge on any atom is 0.222 e. The van der Waals surface area contributed by atoms with E-state index in [0.717, 1.165) is 16.5 Å². The van der Waals surface area contributed by atoms with E-state index in [1.54, 1.807) is 19.4 Å². The van der Waals surface area contributed by atoms with Gasteiger partial charge in [0.05, 0.1) is 43.4 Å². The van der Waals surface area contributed by atoms with Crippen LogP contribution in [-0.2, 0) is 22.2 Å². The van der Waals surface area contributed by atoms with Gasteiger partial charge in [-0.05, 0) is 6.07 Å². The van der Waals surface area contributed by atoms with Crippen molar-refractivity contribution in [2.45, 2.75) is 12.5 Å². The van der Waals surface area contributed by atoms with E-state index in [4.69, 9.17) is 9.47 Å². The standard InChI is InChI=1S/C19H20N4O4/c1-11(24)21-18-6-13-14(8-23(2)16(13)7-20-18)15-4-12(26-3)5-17(22-15)19(25)9-27-10-19/h4-8,25H,9-10H2,1-3H3,(H,20,21,24). The van der Waals surface area contributed by atoms with Gasteiger partial charge in [0.1, 0.15) is 11.6 Å². The summed E-state index contributed by atoms with van der Waals surface area (Å²) in [5, 5.41) is 14.2. The van der Waals surface area contributed by atoms with Gasteiger partial charge in [0, 0.05) is 43.3 Å². The van der Waals surface area contributed by atoms with Crippen LogP contribution in [0.4, 0.5) is 5.82 Å². The fourth-order valence-electron chi connectivity index (χ4n) is 3.17. The van der Waals surface area contributed by atoms with Gasteiger partial charge >= 0.3 is 0 Å². The Kier molecular flexibility index (Phi) is 4.09. The first-order chi connectivity index (χ1) is 12.9. The molecule has 4 rings (SSSR count). The summed E-state index contributed by atoms with van der Waals surface area (Å²) in [5.41, 5.74) is 1.82. The molecule has 1 aliphatic rings. The Hall–Kier alpha value is -2.97. The van der Waals surface area contributed by atoms with Gasteiger partial charge in [-0.25, -0.2) is 9.97 Å². The Balaban J connectivity index is 1.88. The number of pyridine rings is 2. The van der Waals surface area contributed by atoms with Crippen molar-refractivity contribution in [2.75, 3.05) is 25.6 Å². The number of nitrogens with zero attached hydrogens (tertiary/aromatic N) is 3. The van der Waals surface area contributed by atoms with Crippen molar-refractivity contribution < 1.29 is 19.4 Å². The first-order valence-electron chi connectivity index (χ1n) is 8.49. The molecule has 2 N–H and O–H groups in total. The number of aromatic nitrogens is 3. The number of carbonyl (C=O) groups excluding carboxylic acids is 1. The molecule has 140 valence electrons. The highest BCUT2D eigenvalue weighted by Crippen LogP contribution is 2.36. The summed E-state index contributed by atoms with van der Waals surface area (Å²) < 4.78 is 12.5. The predicted octanol–water partition coefficient (Wildman–Crippen LogP) is 1.82. The van der Waals surface area contributed by atoms with E-state index in [1.165, 1.54) is 6.92 Å². The van der Waals surface area contributed by atoms with Crippen molar-refractivity contribution in [3.8, 4) is 17.0 Å². The second-order valence-corrected chi connectivity index (χ2v) is 6.72. The van der Waals surface area contributed by atoms with E-state index in [9.17, 15) is 9.90 Å². The molecule has 0 spiro atoms. The van der Waals surface area contributed by atoms with E-state index in [2.05, 4.69) is 15.3 Å². The molecule has 4 heterocycles. The zero-order valence-corrected chi connectivity index (χ0v) is 15.3. The second-order valence-electron chi connectivity index (χ2n) is 6.72. The molecule has 0 aromatic carbocycles. The Morgan fingerprint density at radius 2 is 2.15 bits per heavy atom. The number of nitrogens with one attached hydrogen (secondary N) is 1. The molecule has 0 atom stereocenters. The Labute approximate surface area is 155 Å². The Bertz CT molecular complexity index is 1040. The quantitative estimate of drug-likeness (QED) is 0.729. The summed E-state index contributed by atoms with van der Waals surface area (Å²) in [6.45, 7) is 1.85. The number of aliphatic hydroxyl groups is 1. The number of hydrogen-bond donors (Lipinski definition) is 2. The summed E-state index contributed by atoms with van der Waals surface area (Å²) >= 11 is 0. The molecule has 0 bridgehead atoms. The van der Waals surface area contributed by atoms with Crippen LogP contribution in [0, 0.1) is 0 Å². The average Bonchev–Trinajstić information content (AvgIpc) is 2.95. The number of rotatable bonds is 4. The number of hydrogen-bond acceptors (Lipinski definition) is 6. The average molecular weight is 368 g/mol. The number of anilines is 1. The SMILES string of the molecule is COc1cc(-c2cn(C)c3cnc(NC(C)=O)cc23)nc(C2(O)COC2)c1. The second kappa shape index (κ2) is 6.33. The van der Waals surface area contributed by atoms with Crippen LogP contribution >= 0.6 is 0 Å². The molecule has 8 nitrogen and oxygen atoms in total. The van der Waals surface area contributed by atoms with Crippen LogP contribution in [0.1, 0.15) is 12.6 Å². The largest absolute Gasteiger partial charge is 0.497 e. The van der Waals surface area contributed by atoms with Crippen LogP contribution in [-0.4, -0.2) is 45.9 Å². The van der Waals surface area contributed by atoms with Crippen molar-refractivity contribution in [1.82, 2.24) is 14.5 Å². The number of ether oxygens (including phenoxy) is 2. The molecular weight excluding hydrogens is 348 g/mol. The molecule has 1 amide bonds. The van der Waals surface area contributed by atoms with Crippen LogP contribution < -0.4 is 10.1 Å². The number of fused-ring (bicyclic) bond motifs is 1. The minimum atomic E-state index is -1.10. The molecule has 3 aromatic heterocycles. The minimum Gasteiger partial charge on any atom is -0.497 e. The van der Waals surface area contributed by atoms with Crippen molar-refractivity contribution >= 4 is 22.6 Å². The van der Waals surface area contributed by atoms with Crippen LogP contribution in [0.2, 0.25) is 0 Å². The first kappa shape index (κ1) is 17.4. The van der Waals surface area contributed by atoms with Gasteiger partial charge in [0.2, 0.25) is 5.91 Å². The number of aryl methyl sites for hydroxylation is 1. The molecule has 0 radical (unpaired) electrons. The zero-order chi connectivity index (χ0) is 19.2. The van der Waals surface area contributed by atoms with E-state index in [1.807, 2.05) is 29.9 Å². The summed E-state index contributed by atoms with van der Waals surface area (Å²) in [7, 11) is 3.49. The van der Waals surface area contributed by atoms with Gasteiger partial charge in [0.15, 0.2) is 5.60 Å². The van der Waals surface area contributed by atoms with Crippen LogP contribution in [0.5, 0.6) is 5.75 Å². The monoisotopic (exact) mass is 368 g/mol. The number of amides is 1. The summed E-state index contributed by atoms with van der Waals surface area (Å²) in [5.74, 6) is 0.883. The van der Waals surface area contributed by atoms with Crippen molar-refractivity contribution in [3.05, 3.63) is 36.3 Å². The molecule has 27 heavy (non-hydrogen) atoms. The smallest absolute Gasteiger partial charge is 0.222 e. The first-order valence-corrected chi connectivity index (χ1v) is 8.49. The van der Waals surface area contributed by atoms with Gasteiger partial charge < -0.3 is 24.5 Å². The molecule has 1 fully saturated rings. The number of carbonyl (C=O) groups is 1. The van der Waals surface area contributed by atoms with Gasteiger partial charge in [-0.2, -0.15) is 0 Å².